The smallest absolute Gasteiger partial charge is 0.377 e. The lowest BCUT2D eigenvalue weighted by Crippen LogP contribution is -2.43. The van der Waals surface area contributed by atoms with Gasteiger partial charge in [0.15, 0.2) is 0 Å². The molecule has 6 rings (SSSR count). The lowest BCUT2D eigenvalue weighted by molar-refractivity contribution is 0.123. The van der Waals surface area contributed by atoms with Gasteiger partial charge in [-0.3, -0.25) is 0 Å². The summed E-state index contributed by atoms with van der Waals surface area (Å²) < 4.78 is 37.3. The zero-order valence-corrected chi connectivity index (χ0v) is 34.2. The topological polar surface area (TPSA) is 81.2 Å². The zero-order valence-electron chi connectivity index (χ0n) is 28.9. The van der Waals surface area contributed by atoms with Crippen LogP contribution in [-0.4, -0.2) is 70.2 Å². The van der Waals surface area contributed by atoms with E-state index in [1.54, 1.807) is 86.9 Å². The monoisotopic (exact) mass is 780 g/mol. The molecule has 0 radical (unpaired) electrons. The maximum absolute atomic E-state index is 5.83. The van der Waals surface area contributed by atoms with E-state index in [9.17, 15) is 0 Å². The lowest BCUT2D eigenvalue weighted by atomic mass is 10.1. The molecule has 0 fully saturated rings. The number of para-hydroxylation sites is 2. The molecule has 0 saturated heterocycles. The zero-order chi connectivity index (χ0) is 35.1. The van der Waals surface area contributed by atoms with E-state index in [2.05, 4.69) is 72.8 Å². The Labute approximate surface area is 311 Å². The van der Waals surface area contributed by atoms with Crippen LogP contribution in [0.5, 0.6) is 0 Å². The molecule has 0 atom stereocenters. The molecule has 6 aromatic rings. The molecule has 0 aliphatic carbocycles. The van der Waals surface area contributed by atoms with Gasteiger partial charge in [0.2, 0.25) is 0 Å². The van der Waals surface area contributed by atoms with Gasteiger partial charge in [0, 0.05) is 75.7 Å². The van der Waals surface area contributed by atoms with Crippen LogP contribution >= 0.6 is 44.3 Å². The van der Waals surface area contributed by atoms with Crippen molar-refractivity contribution in [1.82, 2.24) is 9.97 Å². The Morgan fingerprint density at radius 1 is 0.500 bits per heavy atom. The van der Waals surface area contributed by atoms with Gasteiger partial charge in [-0.15, -0.1) is 22.7 Å². The van der Waals surface area contributed by atoms with Gasteiger partial charge in [-0.25, -0.2) is 9.97 Å². The summed E-state index contributed by atoms with van der Waals surface area (Å²) in [6.07, 6.45) is 1.41. The largest absolute Gasteiger partial charge is 0.500 e. The minimum Gasteiger partial charge on any atom is -0.377 e. The minimum absolute atomic E-state index is 0.632. The first-order chi connectivity index (χ1) is 24.4. The van der Waals surface area contributed by atoms with Crippen molar-refractivity contribution in [2.24, 2.45) is 0 Å². The molecule has 14 heteroatoms. The van der Waals surface area contributed by atoms with Gasteiger partial charge < -0.3 is 26.6 Å². The predicted molar refractivity (Wildman–Crippen MR) is 212 cm³/mol. The van der Waals surface area contributed by atoms with Crippen molar-refractivity contribution in [3.05, 3.63) is 96.1 Å². The molecular formula is C36H40N2O6S4Si2. The lowest BCUT2D eigenvalue weighted by Gasteiger charge is -2.25. The number of hydrogen-bond donors (Lipinski definition) is 0. The molecule has 0 bridgehead atoms. The number of rotatable bonds is 17. The Bertz CT molecular complexity index is 1820. The van der Waals surface area contributed by atoms with Crippen LogP contribution < -0.4 is 0 Å². The summed E-state index contributed by atoms with van der Waals surface area (Å²) in [7, 11) is 7.80. The molecule has 0 spiro atoms. The maximum atomic E-state index is 5.83. The molecule has 2 heterocycles. The van der Waals surface area contributed by atoms with E-state index in [4.69, 9.17) is 36.5 Å². The second kappa shape index (κ2) is 16.9. The molecule has 2 aromatic heterocycles. The van der Waals surface area contributed by atoms with Crippen LogP contribution in [0.2, 0.25) is 12.1 Å². The van der Waals surface area contributed by atoms with E-state index in [1.165, 1.54) is 11.1 Å². The van der Waals surface area contributed by atoms with E-state index < -0.39 is 17.6 Å². The van der Waals surface area contributed by atoms with Crippen LogP contribution in [0.3, 0.4) is 0 Å². The standard InChI is InChI=1S/C36H40N2O6S4Si2/c1-39-49(40-2,41-3)23-21-25-27(35-37-29-15-7-9-17-33(29)45-35)13-11-19-31(25)47-48-32-20-12-14-28(26(32)22-24-50(42-4,43-5)44-6)36-38-30-16-8-10-18-34(30)46-36/h7-20H,21-24H2,1-6H3. The van der Waals surface area contributed by atoms with Crippen molar-refractivity contribution in [3.63, 3.8) is 0 Å². The summed E-state index contributed by atoms with van der Waals surface area (Å²) in [5.41, 5.74) is 6.62. The van der Waals surface area contributed by atoms with E-state index in [0.717, 1.165) is 51.4 Å². The molecular weight excluding hydrogens is 741 g/mol. The summed E-state index contributed by atoms with van der Waals surface area (Å²) in [4.78, 5) is 12.4. The van der Waals surface area contributed by atoms with Gasteiger partial charge in [0.05, 0.1) is 20.4 Å². The molecule has 0 aliphatic heterocycles. The molecule has 0 N–H and O–H groups in total. The Morgan fingerprint density at radius 2 is 0.880 bits per heavy atom. The Balaban J connectivity index is 1.39. The average Bonchev–Trinajstić information content (AvgIpc) is 3.81. The molecule has 0 unspecified atom stereocenters. The fourth-order valence-electron chi connectivity index (χ4n) is 5.94. The Kier molecular flexibility index (Phi) is 12.6. The number of nitrogens with zero attached hydrogens (tertiary/aromatic N) is 2. The molecule has 0 saturated carbocycles. The van der Waals surface area contributed by atoms with E-state index in [-0.39, 0.29) is 0 Å². The summed E-state index contributed by atoms with van der Waals surface area (Å²) in [5, 5.41) is 1.98. The highest BCUT2D eigenvalue weighted by Gasteiger charge is 2.39. The van der Waals surface area contributed by atoms with Crippen molar-refractivity contribution in [1.29, 1.82) is 0 Å². The first-order valence-corrected chi connectivity index (χ1v) is 23.7. The van der Waals surface area contributed by atoms with Gasteiger partial charge >= 0.3 is 17.6 Å². The average molecular weight is 781 g/mol. The Hall–Kier alpha value is -2.45. The van der Waals surface area contributed by atoms with Gasteiger partial charge in [-0.05, 0) is 60.4 Å². The summed E-state index contributed by atoms with van der Waals surface area (Å²) in [6.45, 7) is 0. The molecule has 0 amide bonds. The van der Waals surface area contributed by atoms with Crippen molar-refractivity contribution >= 4 is 82.3 Å². The highest BCUT2D eigenvalue weighted by atomic mass is 33.1. The van der Waals surface area contributed by atoms with Crippen LogP contribution in [-0.2, 0) is 39.4 Å². The number of thiazole rings is 2. The second-order valence-electron chi connectivity index (χ2n) is 11.3. The van der Waals surface area contributed by atoms with Crippen molar-refractivity contribution < 1.29 is 26.6 Å². The van der Waals surface area contributed by atoms with Gasteiger partial charge in [0.25, 0.3) is 0 Å². The van der Waals surface area contributed by atoms with Crippen molar-refractivity contribution in [2.75, 3.05) is 42.7 Å². The fraction of sp³-hybridized carbons (Fsp3) is 0.278. The Morgan fingerprint density at radius 3 is 1.24 bits per heavy atom. The summed E-state index contributed by atoms with van der Waals surface area (Å²) in [6, 6.07) is 30.8. The first kappa shape index (κ1) is 37.3. The van der Waals surface area contributed by atoms with Gasteiger partial charge in [-0.2, -0.15) is 0 Å². The number of fused-ring (bicyclic) bond motifs is 2. The SMILES string of the molecule is CO[Si](CCc1c(SSc2cccc(-c3nc4ccccc4s3)c2CC[Si](OC)(OC)OC)cccc1-c1nc2ccccc2s1)(OC)OC. The second-order valence-corrected chi connectivity index (χ2v) is 21.8. The van der Waals surface area contributed by atoms with Crippen LogP contribution in [0.4, 0.5) is 0 Å². The number of aromatic nitrogens is 2. The highest BCUT2D eigenvalue weighted by molar-refractivity contribution is 8.76. The van der Waals surface area contributed by atoms with E-state index >= 15 is 0 Å². The molecule has 4 aromatic carbocycles. The minimum atomic E-state index is -2.84. The van der Waals surface area contributed by atoms with Crippen molar-refractivity contribution in [2.45, 2.75) is 34.7 Å². The van der Waals surface area contributed by atoms with Crippen molar-refractivity contribution in [3.8, 4) is 21.1 Å². The van der Waals surface area contributed by atoms with E-state index in [1.807, 2.05) is 12.1 Å². The maximum Gasteiger partial charge on any atom is 0.500 e. The molecule has 8 nitrogen and oxygen atoms in total. The summed E-state index contributed by atoms with van der Waals surface area (Å²) in [5.74, 6) is 0. The van der Waals surface area contributed by atoms with Crippen LogP contribution in [0.15, 0.2) is 94.7 Å². The quantitative estimate of drug-likeness (QED) is 0.0659. The predicted octanol–water partition coefficient (Wildman–Crippen LogP) is 9.88. The molecule has 50 heavy (non-hydrogen) atoms. The molecule has 0 aliphatic rings. The third-order valence-electron chi connectivity index (χ3n) is 8.76. The normalized spacial score (nSPS) is 12.4. The first-order valence-electron chi connectivity index (χ1n) is 16.0. The highest BCUT2D eigenvalue weighted by Crippen LogP contribution is 2.47. The van der Waals surface area contributed by atoms with Gasteiger partial charge in [0.1, 0.15) is 10.0 Å². The van der Waals surface area contributed by atoms with Crippen LogP contribution in [0.1, 0.15) is 11.1 Å². The fourth-order valence-corrected chi connectivity index (χ4v) is 13.9. The summed E-state index contributed by atoms with van der Waals surface area (Å²) >= 11 is 3.42. The van der Waals surface area contributed by atoms with Crippen LogP contribution in [0.25, 0.3) is 41.6 Å². The van der Waals surface area contributed by atoms with E-state index in [0.29, 0.717) is 24.9 Å². The van der Waals surface area contributed by atoms with Gasteiger partial charge in [-0.1, -0.05) is 70.1 Å². The molecule has 262 valence electrons. The van der Waals surface area contributed by atoms with Crippen LogP contribution in [0, 0.1) is 0 Å². The third kappa shape index (κ3) is 7.96. The number of hydrogen-bond acceptors (Lipinski definition) is 12. The third-order valence-corrected chi connectivity index (χ3v) is 18.9. The number of benzene rings is 4.